The molecular formula is C23H21F3N2O2. The molecule has 0 bridgehead atoms. The average Bonchev–Trinajstić information content (AvgIpc) is 2.67. The summed E-state index contributed by atoms with van der Waals surface area (Å²) in [4.78, 5) is 16.8. The van der Waals surface area contributed by atoms with Gasteiger partial charge in [-0.15, -0.1) is 13.2 Å². The third-order valence-electron chi connectivity index (χ3n) is 4.40. The molecule has 0 saturated carbocycles. The summed E-state index contributed by atoms with van der Waals surface area (Å²) >= 11 is 0. The number of rotatable bonds is 4. The molecule has 1 N–H and O–H groups in total. The van der Waals surface area contributed by atoms with E-state index in [2.05, 4.69) is 35.8 Å². The van der Waals surface area contributed by atoms with Crippen LogP contribution in [0.2, 0.25) is 0 Å². The fourth-order valence-corrected chi connectivity index (χ4v) is 2.79. The molecule has 1 amide bonds. The van der Waals surface area contributed by atoms with E-state index in [1.54, 1.807) is 12.1 Å². The van der Waals surface area contributed by atoms with Gasteiger partial charge in [-0.3, -0.25) is 9.78 Å². The maximum absolute atomic E-state index is 12.5. The largest absolute Gasteiger partial charge is 0.573 e. The molecule has 3 aromatic rings. The van der Waals surface area contributed by atoms with Gasteiger partial charge in [0.2, 0.25) is 0 Å². The van der Waals surface area contributed by atoms with Crippen LogP contribution in [-0.4, -0.2) is 17.3 Å². The quantitative estimate of drug-likeness (QED) is 0.553. The van der Waals surface area contributed by atoms with Crippen LogP contribution < -0.4 is 10.1 Å². The number of nitrogens with zero attached hydrogens (tertiary/aromatic N) is 1. The number of alkyl halides is 3. The van der Waals surface area contributed by atoms with Gasteiger partial charge in [-0.05, 0) is 59.5 Å². The fourth-order valence-electron chi connectivity index (χ4n) is 2.79. The first-order chi connectivity index (χ1) is 14.0. The maximum atomic E-state index is 12.5. The molecule has 0 atom stereocenters. The number of carbonyl (C=O) groups is 1. The van der Waals surface area contributed by atoms with Crippen LogP contribution in [0.5, 0.6) is 5.75 Å². The monoisotopic (exact) mass is 414 g/mol. The van der Waals surface area contributed by atoms with Gasteiger partial charge < -0.3 is 10.1 Å². The Kier molecular flexibility index (Phi) is 5.82. The van der Waals surface area contributed by atoms with Crippen LogP contribution in [0, 0.1) is 0 Å². The number of nitrogens with one attached hydrogen (secondary N) is 1. The first kappa shape index (κ1) is 21.4. The molecule has 0 spiro atoms. The molecule has 0 fully saturated rings. The van der Waals surface area contributed by atoms with E-state index in [9.17, 15) is 18.0 Å². The average molecular weight is 414 g/mol. The second-order valence-electron chi connectivity index (χ2n) is 7.79. The van der Waals surface area contributed by atoms with Crippen molar-refractivity contribution in [3.05, 3.63) is 78.0 Å². The lowest BCUT2D eigenvalue weighted by atomic mass is 9.87. The molecule has 0 aliphatic heterocycles. The van der Waals surface area contributed by atoms with Crippen LogP contribution in [0.4, 0.5) is 18.9 Å². The molecule has 0 aliphatic rings. The number of hydrogen-bond acceptors (Lipinski definition) is 3. The van der Waals surface area contributed by atoms with E-state index in [-0.39, 0.29) is 17.1 Å². The minimum Gasteiger partial charge on any atom is -0.406 e. The van der Waals surface area contributed by atoms with Gasteiger partial charge in [0.1, 0.15) is 5.75 Å². The zero-order chi connectivity index (χ0) is 21.9. The highest BCUT2D eigenvalue weighted by molar-refractivity contribution is 6.04. The first-order valence-corrected chi connectivity index (χ1v) is 9.25. The second kappa shape index (κ2) is 8.18. The summed E-state index contributed by atoms with van der Waals surface area (Å²) in [6.45, 7) is 6.29. The number of amides is 1. The summed E-state index contributed by atoms with van der Waals surface area (Å²) < 4.78 is 40.6. The van der Waals surface area contributed by atoms with Crippen molar-refractivity contribution in [3.8, 4) is 17.0 Å². The third-order valence-corrected chi connectivity index (χ3v) is 4.40. The van der Waals surface area contributed by atoms with Crippen molar-refractivity contribution >= 4 is 11.6 Å². The molecule has 2 aromatic carbocycles. The Bertz CT molecular complexity index is 1020. The summed E-state index contributed by atoms with van der Waals surface area (Å²) in [5.41, 5.74) is 3.26. The first-order valence-electron chi connectivity index (χ1n) is 9.25. The van der Waals surface area contributed by atoms with E-state index in [4.69, 9.17) is 0 Å². The molecule has 7 heteroatoms. The van der Waals surface area contributed by atoms with Crippen molar-refractivity contribution in [1.29, 1.82) is 0 Å². The van der Waals surface area contributed by atoms with E-state index in [1.165, 1.54) is 30.5 Å². The molecule has 30 heavy (non-hydrogen) atoms. The van der Waals surface area contributed by atoms with Crippen LogP contribution in [0.3, 0.4) is 0 Å². The van der Waals surface area contributed by atoms with Gasteiger partial charge >= 0.3 is 6.36 Å². The number of benzene rings is 2. The topological polar surface area (TPSA) is 51.2 Å². The van der Waals surface area contributed by atoms with E-state index in [0.717, 1.165) is 5.56 Å². The number of ether oxygens (including phenoxy) is 1. The molecule has 4 nitrogen and oxygen atoms in total. The number of pyridine rings is 1. The molecular weight excluding hydrogens is 393 g/mol. The summed E-state index contributed by atoms with van der Waals surface area (Å²) in [7, 11) is 0. The lowest BCUT2D eigenvalue weighted by Gasteiger charge is -2.19. The smallest absolute Gasteiger partial charge is 0.406 e. The van der Waals surface area contributed by atoms with Gasteiger partial charge in [-0.25, -0.2) is 0 Å². The normalized spacial score (nSPS) is 11.8. The Hall–Kier alpha value is -3.35. The Balaban J connectivity index is 1.70. The van der Waals surface area contributed by atoms with Crippen molar-refractivity contribution in [2.75, 3.05) is 5.32 Å². The zero-order valence-corrected chi connectivity index (χ0v) is 16.7. The summed E-state index contributed by atoms with van der Waals surface area (Å²) in [5, 5.41) is 2.86. The van der Waals surface area contributed by atoms with Crippen molar-refractivity contribution in [2.24, 2.45) is 0 Å². The Labute approximate surface area is 172 Å². The molecule has 1 aromatic heterocycles. The summed E-state index contributed by atoms with van der Waals surface area (Å²) in [6, 6.07) is 16.3. The van der Waals surface area contributed by atoms with E-state index in [1.807, 2.05) is 24.3 Å². The minimum absolute atomic E-state index is 0.0371. The van der Waals surface area contributed by atoms with Crippen molar-refractivity contribution < 1.29 is 22.7 Å². The van der Waals surface area contributed by atoms with Crippen LogP contribution in [0.25, 0.3) is 11.3 Å². The lowest BCUT2D eigenvalue weighted by Crippen LogP contribution is -2.16. The highest BCUT2D eigenvalue weighted by Crippen LogP contribution is 2.27. The Morgan fingerprint density at radius 1 is 0.967 bits per heavy atom. The standard InChI is InChI=1S/C23H21F3N2O2/c1-22(2,3)17-5-4-6-18(13-17)28-21(29)16-9-12-20(27-14-16)15-7-10-19(11-8-15)30-23(24,25)26/h4-14H,1-3H3,(H,28,29). The predicted molar refractivity (Wildman–Crippen MR) is 109 cm³/mol. The minimum atomic E-state index is -4.73. The number of anilines is 1. The fraction of sp³-hybridized carbons (Fsp3) is 0.217. The van der Waals surface area contributed by atoms with Gasteiger partial charge in [0.15, 0.2) is 0 Å². The van der Waals surface area contributed by atoms with E-state index in [0.29, 0.717) is 22.5 Å². The zero-order valence-electron chi connectivity index (χ0n) is 16.7. The maximum Gasteiger partial charge on any atom is 0.573 e. The number of hydrogen-bond donors (Lipinski definition) is 1. The van der Waals surface area contributed by atoms with Gasteiger partial charge in [0, 0.05) is 17.4 Å². The van der Waals surface area contributed by atoms with Crippen LogP contribution in [0.1, 0.15) is 36.7 Å². The molecule has 3 rings (SSSR count). The second-order valence-corrected chi connectivity index (χ2v) is 7.79. The SMILES string of the molecule is CC(C)(C)c1cccc(NC(=O)c2ccc(-c3ccc(OC(F)(F)F)cc3)nc2)c1. The molecule has 0 saturated heterocycles. The Morgan fingerprint density at radius 3 is 2.23 bits per heavy atom. The van der Waals surface area contributed by atoms with Gasteiger partial charge in [0.05, 0.1) is 11.3 Å². The van der Waals surface area contributed by atoms with E-state index < -0.39 is 6.36 Å². The molecule has 0 unspecified atom stereocenters. The number of carbonyl (C=O) groups excluding carboxylic acids is 1. The molecule has 0 aliphatic carbocycles. The third kappa shape index (κ3) is 5.59. The predicted octanol–water partition coefficient (Wildman–Crippen LogP) is 6.20. The molecule has 1 heterocycles. The summed E-state index contributed by atoms with van der Waals surface area (Å²) in [5.74, 6) is -0.603. The van der Waals surface area contributed by atoms with Crippen molar-refractivity contribution in [3.63, 3.8) is 0 Å². The van der Waals surface area contributed by atoms with Crippen LogP contribution >= 0.6 is 0 Å². The Morgan fingerprint density at radius 2 is 1.67 bits per heavy atom. The highest BCUT2D eigenvalue weighted by Gasteiger charge is 2.31. The van der Waals surface area contributed by atoms with Crippen molar-refractivity contribution in [2.45, 2.75) is 32.5 Å². The highest BCUT2D eigenvalue weighted by atomic mass is 19.4. The van der Waals surface area contributed by atoms with Gasteiger partial charge in [-0.1, -0.05) is 32.9 Å². The van der Waals surface area contributed by atoms with Gasteiger partial charge in [-0.2, -0.15) is 0 Å². The summed E-state index contributed by atoms with van der Waals surface area (Å²) in [6.07, 6.45) is -3.31. The van der Waals surface area contributed by atoms with Crippen LogP contribution in [-0.2, 0) is 5.41 Å². The molecule has 0 radical (unpaired) electrons. The van der Waals surface area contributed by atoms with Crippen molar-refractivity contribution in [1.82, 2.24) is 4.98 Å². The lowest BCUT2D eigenvalue weighted by molar-refractivity contribution is -0.274. The number of aromatic nitrogens is 1. The van der Waals surface area contributed by atoms with Crippen LogP contribution in [0.15, 0.2) is 66.9 Å². The molecule has 156 valence electrons. The van der Waals surface area contributed by atoms with Gasteiger partial charge in [0.25, 0.3) is 5.91 Å². The number of halogens is 3. The van der Waals surface area contributed by atoms with E-state index >= 15 is 0 Å².